The van der Waals surface area contributed by atoms with Crippen LogP contribution in [0, 0.1) is 17.1 Å². The summed E-state index contributed by atoms with van der Waals surface area (Å²) >= 11 is 0. The first kappa shape index (κ1) is 20.8. The number of fused-ring (bicyclic) bond motifs is 1. The number of nitrogens with zero attached hydrogens (tertiary/aromatic N) is 4. The fourth-order valence-corrected chi connectivity index (χ4v) is 4.29. The largest absolute Gasteiger partial charge is 0.291 e. The molecule has 3 aromatic rings. The predicted molar refractivity (Wildman–Crippen MR) is 107 cm³/mol. The third-order valence-electron chi connectivity index (χ3n) is 4.66. The van der Waals surface area contributed by atoms with Crippen LogP contribution < -0.4 is 4.72 Å². The van der Waals surface area contributed by atoms with Crippen molar-refractivity contribution >= 4 is 26.8 Å². The average Bonchev–Trinajstić information content (AvgIpc) is 3.04. The minimum atomic E-state index is -4.20. The second kappa shape index (κ2) is 7.98. The Morgan fingerprint density at radius 1 is 1.19 bits per heavy atom. The smallest absolute Gasteiger partial charge is 0.242 e. The molecule has 3 heterocycles. The van der Waals surface area contributed by atoms with Crippen LogP contribution in [-0.2, 0) is 10.0 Å². The minimum Gasteiger partial charge on any atom is -0.291 e. The quantitative estimate of drug-likeness (QED) is 0.602. The number of pyridine rings is 2. The lowest BCUT2D eigenvalue weighted by Gasteiger charge is -2.15. The Labute approximate surface area is 175 Å². The summed E-state index contributed by atoms with van der Waals surface area (Å²) in [5, 5.41) is 10.0. The zero-order valence-electron chi connectivity index (χ0n) is 15.8. The van der Waals surface area contributed by atoms with E-state index in [9.17, 15) is 26.9 Å². The van der Waals surface area contributed by atoms with Crippen molar-refractivity contribution in [3.05, 3.63) is 60.2 Å². The second-order valence-corrected chi connectivity index (χ2v) is 8.37. The van der Waals surface area contributed by atoms with E-state index in [4.69, 9.17) is 0 Å². The molecule has 0 radical (unpaired) electrons. The molecular formula is C20H14F3N5O2S. The molecule has 0 aliphatic heterocycles. The highest BCUT2D eigenvalue weighted by Gasteiger charge is 2.25. The van der Waals surface area contributed by atoms with Gasteiger partial charge in [0.25, 0.3) is 0 Å². The molecule has 0 bridgehead atoms. The van der Waals surface area contributed by atoms with Crippen LogP contribution in [0.1, 0.15) is 5.56 Å². The van der Waals surface area contributed by atoms with Gasteiger partial charge in [-0.3, -0.25) is 9.55 Å². The van der Waals surface area contributed by atoms with Crippen molar-refractivity contribution in [3.63, 3.8) is 0 Å². The number of hydrogen-bond donors (Lipinski definition) is 1. The molecule has 0 fully saturated rings. The highest BCUT2D eigenvalue weighted by Crippen LogP contribution is 2.36. The number of alkyl halides is 2. The maximum absolute atomic E-state index is 13.8. The van der Waals surface area contributed by atoms with E-state index in [0.717, 1.165) is 12.4 Å². The van der Waals surface area contributed by atoms with Crippen LogP contribution in [0.2, 0.25) is 0 Å². The summed E-state index contributed by atoms with van der Waals surface area (Å²) < 4.78 is 67.4. The summed E-state index contributed by atoms with van der Waals surface area (Å²) in [6.45, 7) is -2.39. The third kappa shape index (κ3) is 3.60. The number of aromatic nitrogens is 3. The summed E-state index contributed by atoms with van der Waals surface area (Å²) in [7, 11) is -4.20. The minimum absolute atomic E-state index is 0.124. The van der Waals surface area contributed by atoms with Crippen LogP contribution in [0.3, 0.4) is 0 Å². The molecule has 0 amide bonds. The van der Waals surface area contributed by atoms with Gasteiger partial charge >= 0.3 is 0 Å². The molecule has 7 nitrogen and oxygen atoms in total. The lowest BCUT2D eigenvalue weighted by atomic mass is 10.1. The molecule has 0 saturated carbocycles. The monoisotopic (exact) mass is 445 g/mol. The number of hydrogen-bond acceptors (Lipinski definition) is 5. The van der Waals surface area contributed by atoms with Gasteiger partial charge in [-0.1, -0.05) is 6.08 Å². The molecule has 0 spiro atoms. The fourth-order valence-electron chi connectivity index (χ4n) is 3.15. The molecule has 1 N–H and O–H groups in total. The lowest BCUT2D eigenvalue weighted by Crippen LogP contribution is -2.37. The molecule has 4 rings (SSSR count). The van der Waals surface area contributed by atoms with E-state index in [1.165, 1.54) is 18.2 Å². The van der Waals surface area contributed by atoms with Crippen LogP contribution >= 0.6 is 0 Å². The highest BCUT2D eigenvalue weighted by molar-refractivity contribution is 7.89. The maximum atomic E-state index is 13.8. The Hall–Kier alpha value is -3.49. The van der Waals surface area contributed by atoms with Gasteiger partial charge in [-0.25, -0.2) is 31.3 Å². The van der Waals surface area contributed by atoms with Gasteiger partial charge in [-0.15, -0.1) is 0 Å². The van der Waals surface area contributed by atoms with Gasteiger partial charge in [0, 0.05) is 17.3 Å². The van der Waals surface area contributed by atoms with Crippen molar-refractivity contribution in [3.8, 4) is 17.5 Å². The normalized spacial score (nSPS) is 13.3. The zero-order valence-corrected chi connectivity index (χ0v) is 16.6. The molecule has 158 valence electrons. The number of rotatable bonds is 7. The fraction of sp³-hybridized carbons (Fsp3) is 0.150. The Kier molecular flexibility index (Phi) is 5.34. The average molecular weight is 445 g/mol. The van der Waals surface area contributed by atoms with Crippen LogP contribution in [0.5, 0.6) is 0 Å². The summed E-state index contributed by atoms with van der Waals surface area (Å²) in [6, 6.07) is 4.32. The van der Waals surface area contributed by atoms with Crippen molar-refractivity contribution in [1.29, 1.82) is 5.26 Å². The number of allylic oxidation sites excluding steroid dienone is 4. The van der Waals surface area contributed by atoms with Gasteiger partial charge in [-0.05, 0) is 30.4 Å². The summed E-state index contributed by atoms with van der Waals surface area (Å²) in [4.78, 5) is 7.96. The Balaban J connectivity index is 1.84. The van der Waals surface area contributed by atoms with E-state index >= 15 is 0 Å². The highest BCUT2D eigenvalue weighted by atomic mass is 32.2. The summed E-state index contributed by atoms with van der Waals surface area (Å²) in [6.07, 6.45) is 7.38. The first-order valence-corrected chi connectivity index (χ1v) is 10.5. The van der Waals surface area contributed by atoms with E-state index in [-0.39, 0.29) is 21.5 Å². The van der Waals surface area contributed by atoms with Crippen molar-refractivity contribution < 1.29 is 21.6 Å². The predicted octanol–water partition coefficient (Wildman–Crippen LogP) is 3.11. The van der Waals surface area contributed by atoms with Crippen LogP contribution in [0.25, 0.3) is 28.1 Å². The standard InChI is InChI=1S/C20H14F3N5O2S/c21-7-13(8-22)27-31(29,30)15-4-5-18(25-11-15)19-17(9-24)16-6-12(23)10-26-20(16)28(19)14-2-1-3-14/h1-6,10-11,13,27H,7-8H2. The number of sulfonamides is 1. The molecule has 3 aromatic heterocycles. The Morgan fingerprint density at radius 2 is 1.94 bits per heavy atom. The molecular weight excluding hydrogens is 431 g/mol. The van der Waals surface area contributed by atoms with Gasteiger partial charge in [-0.2, -0.15) is 5.26 Å². The van der Waals surface area contributed by atoms with Gasteiger partial charge in [0.05, 0.1) is 29.2 Å². The molecule has 1 aliphatic carbocycles. The first-order valence-electron chi connectivity index (χ1n) is 8.99. The zero-order chi connectivity index (χ0) is 22.2. The van der Waals surface area contributed by atoms with Crippen molar-refractivity contribution in [2.45, 2.75) is 10.9 Å². The van der Waals surface area contributed by atoms with Crippen molar-refractivity contribution in [1.82, 2.24) is 19.3 Å². The molecule has 0 atom stereocenters. The third-order valence-corrected chi connectivity index (χ3v) is 6.17. The van der Waals surface area contributed by atoms with Crippen molar-refractivity contribution in [2.24, 2.45) is 0 Å². The summed E-state index contributed by atoms with van der Waals surface area (Å²) in [5.41, 5.74) is 1.71. The van der Waals surface area contributed by atoms with E-state index in [0.29, 0.717) is 17.0 Å². The summed E-state index contributed by atoms with van der Waals surface area (Å²) in [5.74, 6) is -0.610. The SMILES string of the molecule is N#Cc1c(-c2ccc(S(=O)(=O)NC(CF)CF)cn2)n(C2=CC=C2)c2ncc(F)cc12. The first-order chi connectivity index (χ1) is 14.9. The second-order valence-electron chi connectivity index (χ2n) is 6.65. The number of halogens is 3. The van der Waals surface area contributed by atoms with Crippen molar-refractivity contribution in [2.75, 3.05) is 13.3 Å². The van der Waals surface area contributed by atoms with Crippen LogP contribution in [-0.4, -0.2) is 42.3 Å². The molecule has 0 aromatic carbocycles. The molecule has 1 aliphatic rings. The van der Waals surface area contributed by atoms with Crippen LogP contribution in [0.15, 0.2) is 53.7 Å². The topological polar surface area (TPSA) is 101 Å². The van der Waals surface area contributed by atoms with E-state index < -0.39 is 35.2 Å². The Bertz CT molecular complexity index is 1370. The molecule has 31 heavy (non-hydrogen) atoms. The van der Waals surface area contributed by atoms with Gasteiger partial charge in [0.2, 0.25) is 10.0 Å². The molecule has 0 saturated heterocycles. The van der Waals surface area contributed by atoms with Gasteiger partial charge < -0.3 is 0 Å². The van der Waals surface area contributed by atoms with E-state index in [1.54, 1.807) is 22.8 Å². The number of nitriles is 1. The van der Waals surface area contributed by atoms with E-state index in [2.05, 4.69) is 9.97 Å². The van der Waals surface area contributed by atoms with Gasteiger partial charge in [0.1, 0.15) is 35.8 Å². The van der Waals surface area contributed by atoms with E-state index in [1.807, 2.05) is 10.8 Å². The molecule has 11 heteroatoms. The van der Waals surface area contributed by atoms with Crippen LogP contribution in [0.4, 0.5) is 13.2 Å². The number of nitrogens with one attached hydrogen (secondary N) is 1. The Morgan fingerprint density at radius 3 is 2.48 bits per heavy atom. The molecule has 0 unspecified atom stereocenters. The lowest BCUT2D eigenvalue weighted by molar-refractivity contribution is 0.334. The maximum Gasteiger partial charge on any atom is 0.242 e. The van der Waals surface area contributed by atoms with Gasteiger partial charge in [0.15, 0.2) is 0 Å².